The molecule has 2 atom stereocenters. The molecule has 1 aliphatic carbocycles. The molecular weight excluding hydrogens is 244 g/mol. The second-order valence-electron chi connectivity index (χ2n) is 6.26. The Kier molecular flexibility index (Phi) is 3.64. The molecule has 1 aromatic heterocycles. The molecule has 1 heterocycles. The molecular formula is C18H24N2. The van der Waals surface area contributed by atoms with Gasteiger partial charge >= 0.3 is 0 Å². The molecule has 1 aromatic carbocycles. The van der Waals surface area contributed by atoms with Gasteiger partial charge in [0, 0.05) is 18.3 Å². The number of imidazole rings is 1. The highest BCUT2D eigenvalue weighted by Gasteiger charge is 2.27. The molecule has 2 nitrogen and oxygen atoms in total. The van der Waals surface area contributed by atoms with Crippen LogP contribution in [0.25, 0.3) is 5.69 Å². The summed E-state index contributed by atoms with van der Waals surface area (Å²) < 4.78 is 2.33. The van der Waals surface area contributed by atoms with Gasteiger partial charge in [-0.1, -0.05) is 44.4 Å². The number of rotatable bonds is 2. The van der Waals surface area contributed by atoms with Crippen LogP contribution in [-0.4, -0.2) is 9.55 Å². The van der Waals surface area contributed by atoms with E-state index < -0.39 is 0 Å². The molecule has 0 spiro atoms. The van der Waals surface area contributed by atoms with E-state index in [1.165, 1.54) is 48.3 Å². The largest absolute Gasteiger partial charge is 0.303 e. The minimum Gasteiger partial charge on any atom is -0.303 e. The maximum atomic E-state index is 4.71. The number of hydrogen-bond acceptors (Lipinski definition) is 1. The molecule has 3 rings (SSSR count). The Bertz CT molecular complexity index is 577. The predicted molar refractivity (Wildman–Crippen MR) is 83.4 cm³/mol. The van der Waals surface area contributed by atoms with Crippen LogP contribution in [0.3, 0.4) is 0 Å². The highest BCUT2D eigenvalue weighted by molar-refractivity contribution is 5.48. The SMILES string of the molecule is Cc1cccc(C)c1-n1ccnc1C1CCCCC1C. The van der Waals surface area contributed by atoms with Gasteiger partial charge in [-0.25, -0.2) is 4.98 Å². The molecule has 2 heteroatoms. The first kappa shape index (κ1) is 13.4. The first-order valence-electron chi connectivity index (χ1n) is 7.78. The zero-order valence-corrected chi connectivity index (χ0v) is 12.8. The summed E-state index contributed by atoms with van der Waals surface area (Å²) in [5.41, 5.74) is 3.97. The monoisotopic (exact) mass is 268 g/mol. The van der Waals surface area contributed by atoms with Gasteiger partial charge in [-0.3, -0.25) is 0 Å². The standard InChI is InChI=1S/C18H24N2/c1-13-7-4-5-10-16(13)18-19-11-12-20(18)17-14(2)8-6-9-15(17)3/h6,8-9,11-13,16H,4-5,7,10H2,1-3H3. The van der Waals surface area contributed by atoms with E-state index in [1.54, 1.807) is 0 Å². The first-order chi connectivity index (χ1) is 9.68. The van der Waals surface area contributed by atoms with Gasteiger partial charge < -0.3 is 4.57 Å². The Labute approximate surface area is 121 Å². The van der Waals surface area contributed by atoms with E-state index in [4.69, 9.17) is 4.98 Å². The maximum Gasteiger partial charge on any atom is 0.116 e. The lowest BCUT2D eigenvalue weighted by Crippen LogP contribution is -2.19. The van der Waals surface area contributed by atoms with Crippen molar-refractivity contribution in [1.82, 2.24) is 9.55 Å². The van der Waals surface area contributed by atoms with Gasteiger partial charge in [0.15, 0.2) is 0 Å². The third-order valence-electron chi connectivity index (χ3n) is 4.79. The van der Waals surface area contributed by atoms with E-state index in [1.807, 2.05) is 6.20 Å². The average Bonchev–Trinajstić information content (AvgIpc) is 2.88. The molecule has 1 aliphatic rings. The van der Waals surface area contributed by atoms with Gasteiger partial charge in [0.25, 0.3) is 0 Å². The molecule has 1 saturated carbocycles. The van der Waals surface area contributed by atoms with Gasteiger partial charge in [-0.2, -0.15) is 0 Å². The number of nitrogens with zero attached hydrogens (tertiary/aromatic N) is 2. The summed E-state index contributed by atoms with van der Waals surface area (Å²) in [4.78, 5) is 4.71. The zero-order chi connectivity index (χ0) is 14.1. The Morgan fingerprint density at radius 3 is 2.50 bits per heavy atom. The number of aryl methyl sites for hydroxylation is 2. The first-order valence-corrected chi connectivity index (χ1v) is 7.78. The van der Waals surface area contributed by atoms with E-state index in [-0.39, 0.29) is 0 Å². The molecule has 0 bridgehead atoms. The van der Waals surface area contributed by atoms with E-state index in [2.05, 4.69) is 49.7 Å². The van der Waals surface area contributed by atoms with Crippen LogP contribution in [-0.2, 0) is 0 Å². The van der Waals surface area contributed by atoms with Crippen LogP contribution in [0.1, 0.15) is 55.5 Å². The van der Waals surface area contributed by atoms with Gasteiger partial charge in [0.05, 0.1) is 5.69 Å². The van der Waals surface area contributed by atoms with E-state index in [9.17, 15) is 0 Å². The molecule has 0 aliphatic heterocycles. The van der Waals surface area contributed by atoms with Crippen LogP contribution < -0.4 is 0 Å². The van der Waals surface area contributed by atoms with Crippen molar-refractivity contribution in [3.8, 4) is 5.69 Å². The minimum absolute atomic E-state index is 0.609. The summed E-state index contributed by atoms with van der Waals surface area (Å²) >= 11 is 0. The number of hydrogen-bond donors (Lipinski definition) is 0. The average molecular weight is 268 g/mol. The molecule has 1 fully saturated rings. The highest BCUT2D eigenvalue weighted by atomic mass is 15.1. The quantitative estimate of drug-likeness (QED) is 0.766. The van der Waals surface area contributed by atoms with Crippen molar-refractivity contribution in [2.24, 2.45) is 5.92 Å². The fourth-order valence-electron chi connectivity index (χ4n) is 3.66. The highest BCUT2D eigenvalue weighted by Crippen LogP contribution is 2.37. The minimum atomic E-state index is 0.609. The maximum absolute atomic E-state index is 4.71. The van der Waals surface area contributed by atoms with E-state index in [0.717, 1.165) is 5.92 Å². The molecule has 0 saturated heterocycles. The number of benzene rings is 1. The van der Waals surface area contributed by atoms with Crippen molar-refractivity contribution >= 4 is 0 Å². The van der Waals surface area contributed by atoms with Crippen LogP contribution >= 0.6 is 0 Å². The van der Waals surface area contributed by atoms with Crippen LogP contribution in [0.5, 0.6) is 0 Å². The second kappa shape index (κ2) is 5.43. The molecule has 20 heavy (non-hydrogen) atoms. The number of para-hydroxylation sites is 1. The van der Waals surface area contributed by atoms with Crippen molar-refractivity contribution < 1.29 is 0 Å². The van der Waals surface area contributed by atoms with Crippen molar-refractivity contribution in [3.63, 3.8) is 0 Å². The molecule has 0 amide bonds. The molecule has 106 valence electrons. The molecule has 2 aromatic rings. The Hall–Kier alpha value is -1.57. The van der Waals surface area contributed by atoms with Crippen LogP contribution in [0.2, 0.25) is 0 Å². The lowest BCUT2D eigenvalue weighted by Gasteiger charge is -2.29. The van der Waals surface area contributed by atoms with Gasteiger partial charge in [-0.05, 0) is 37.3 Å². The Morgan fingerprint density at radius 2 is 1.80 bits per heavy atom. The number of aromatic nitrogens is 2. The lowest BCUT2D eigenvalue weighted by molar-refractivity contribution is 0.317. The van der Waals surface area contributed by atoms with Crippen molar-refractivity contribution in [3.05, 3.63) is 47.5 Å². The van der Waals surface area contributed by atoms with Crippen molar-refractivity contribution in [1.29, 1.82) is 0 Å². The van der Waals surface area contributed by atoms with Crippen LogP contribution in [0, 0.1) is 19.8 Å². The second-order valence-corrected chi connectivity index (χ2v) is 6.26. The zero-order valence-electron chi connectivity index (χ0n) is 12.8. The van der Waals surface area contributed by atoms with Crippen molar-refractivity contribution in [2.45, 2.75) is 52.4 Å². The van der Waals surface area contributed by atoms with E-state index >= 15 is 0 Å². The normalized spacial score (nSPS) is 22.9. The molecule has 0 N–H and O–H groups in total. The summed E-state index contributed by atoms with van der Waals surface area (Å²) in [6, 6.07) is 6.51. The molecule has 0 radical (unpaired) electrons. The van der Waals surface area contributed by atoms with Crippen LogP contribution in [0.15, 0.2) is 30.6 Å². The van der Waals surface area contributed by atoms with Gasteiger partial charge in [-0.15, -0.1) is 0 Å². The lowest BCUT2D eigenvalue weighted by atomic mass is 9.80. The molecule has 2 unspecified atom stereocenters. The Balaban J connectivity index is 2.06. The Morgan fingerprint density at radius 1 is 1.10 bits per heavy atom. The van der Waals surface area contributed by atoms with Gasteiger partial charge in [0.2, 0.25) is 0 Å². The van der Waals surface area contributed by atoms with Gasteiger partial charge in [0.1, 0.15) is 5.82 Å². The van der Waals surface area contributed by atoms with E-state index in [0.29, 0.717) is 5.92 Å². The predicted octanol–water partition coefficient (Wildman–Crippen LogP) is 4.78. The van der Waals surface area contributed by atoms with Crippen molar-refractivity contribution in [2.75, 3.05) is 0 Å². The van der Waals surface area contributed by atoms with Crippen LogP contribution in [0.4, 0.5) is 0 Å². The third kappa shape index (κ3) is 2.28. The summed E-state index contributed by atoms with van der Waals surface area (Å²) in [5.74, 6) is 2.61. The summed E-state index contributed by atoms with van der Waals surface area (Å²) in [6.45, 7) is 6.76. The fourth-order valence-corrected chi connectivity index (χ4v) is 3.66. The summed E-state index contributed by atoms with van der Waals surface area (Å²) in [7, 11) is 0. The summed E-state index contributed by atoms with van der Waals surface area (Å²) in [6.07, 6.45) is 9.43. The fraction of sp³-hybridized carbons (Fsp3) is 0.500. The smallest absolute Gasteiger partial charge is 0.116 e. The summed E-state index contributed by atoms with van der Waals surface area (Å²) in [5, 5.41) is 0. The topological polar surface area (TPSA) is 17.8 Å². The third-order valence-corrected chi connectivity index (χ3v) is 4.79.